The number of sulfone groups is 1. The van der Waals surface area contributed by atoms with Crippen molar-refractivity contribution in [2.75, 3.05) is 30.5 Å². The van der Waals surface area contributed by atoms with Crippen LogP contribution in [0.15, 0.2) is 18.2 Å². The third-order valence-corrected chi connectivity index (χ3v) is 4.22. The number of rotatable bonds is 6. The van der Waals surface area contributed by atoms with Crippen LogP contribution in [0.25, 0.3) is 0 Å². The monoisotopic (exact) mass is 332 g/mol. The van der Waals surface area contributed by atoms with Crippen LogP contribution >= 0.6 is 11.6 Å². The van der Waals surface area contributed by atoms with Crippen LogP contribution in [0, 0.1) is 0 Å². The van der Waals surface area contributed by atoms with E-state index >= 15 is 0 Å². The van der Waals surface area contributed by atoms with Crippen LogP contribution in [0.4, 0.5) is 5.69 Å². The molecule has 120 valence electrons. The highest BCUT2D eigenvalue weighted by Gasteiger charge is 2.14. The number of nitrogens with zero attached hydrogens (tertiary/aromatic N) is 1. The highest BCUT2D eigenvalue weighted by molar-refractivity contribution is 7.90. The molecule has 0 heterocycles. The zero-order valence-electron chi connectivity index (χ0n) is 13.4. The summed E-state index contributed by atoms with van der Waals surface area (Å²) in [7, 11) is -1.09. The van der Waals surface area contributed by atoms with Crippen molar-refractivity contribution in [1.82, 2.24) is 5.32 Å². The Morgan fingerprint density at radius 2 is 1.90 bits per heavy atom. The molecule has 1 N–H and O–H groups in total. The van der Waals surface area contributed by atoms with Gasteiger partial charge in [-0.3, -0.25) is 0 Å². The molecule has 6 heteroatoms. The Bertz CT molecular complexity index is 580. The standard InChI is InChI=1S/C15H25ClN2O2S/c1-15(2,3)17-11-12-6-7-13(16)10-14(12)18(4)8-9-21(5,19)20/h6-7,10,17H,8-9,11H2,1-5H3. The van der Waals surface area contributed by atoms with Crippen molar-refractivity contribution in [2.45, 2.75) is 32.9 Å². The maximum atomic E-state index is 11.3. The summed E-state index contributed by atoms with van der Waals surface area (Å²) in [6.07, 6.45) is 1.25. The Hall–Kier alpha value is -0.780. The number of nitrogens with one attached hydrogen (secondary N) is 1. The molecule has 0 fully saturated rings. The lowest BCUT2D eigenvalue weighted by Crippen LogP contribution is -2.35. The molecule has 0 saturated carbocycles. The molecule has 0 saturated heterocycles. The van der Waals surface area contributed by atoms with Gasteiger partial charge in [-0.1, -0.05) is 17.7 Å². The molecule has 1 aromatic carbocycles. The van der Waals surface area contributed by atoms with E-state index in [1.807, 2.05) is 30.1 Å². The van der Waals surface area contributed by atoms with Gasteiger partial charge in [-0.15, -0.1) is 0 Å². The topological polar surface area (TPSA) is 49.4 Å². The maximum absolute atomic E-state index is 11.3. The fourth-order valence-corrected chi connectivity index (χ4v) is 2.60. The predicted octanol–water partition coefficient (Wildman–Crippen LogP) is 2.71. The molecule has 0 amide bonds. The Balaban J connectivity index is 2.90. The van der Waals surface area contributed by atoms with E-state index < -0.39 is 9.84 Å². The quantitative estimate of drug-likeness (QED) is 0.870. The second-order valence-electron chi connectivity index (χ2n) is 6.43. The molecule has 0 spiro atoms. The second kappa shape index (κ2) is 6.99. The average molecular weight is 333 g/mol. The van der Waals surface area contributed by atoms with Gasteiger partial charge in [-0.2, -0.15) is 0 Å². The molecule has 0 bridgehead atoms. The van der Waals surface area contributed by atoms with Crippen molar-refractivity contribution in [2.24, 2.45) is 0 Å². The summed E-state index contributed by atoms with van der Waals surface area (Å²) in [4.78, 5) is 1.94. The molecule has 0 aromatic heterocycles. The minimum Gasteiger partial charge on any atom is -0.373 e. The van der Waals surface area contributed by atoms with E-state index in [0.29, 0.717) is 18.1 Å². The van der Waals surface area contributed by atoms with E-state index in [1.54, 1.807) is 0 Å². The van der Waals surface area contributed by atoms with Gasteiger partial charge in [0.05, 0.1) is 5.75 Å². The first-order chi connectivity index (χ1) is 9.48. The maximum Gasteiger partial charge on any atom is 0.149 e. The van der Waals surface area contributed by atoms with E-state index in [2.05, 4.69) is 26.1 Å². The van der Waals surface area contributed by atoms with E-state index in [-0.39, 0.29) is 11.3 Å². The van der Waals surface area contributed by atoms with Gasteiger partial charge in [0.1, 0.15) is 9.84 Å². The Labute approximate surface area is 133 Å². The molecular formula is C15H25ClN2O2S. The predicted molar refractivity (Wildman–Crippen MR) is 91.0 cm³/mol. The largest absolute Gasteiger partial charge is 0.373 e. The van der Waals surface area contributed by atoms with Crippen LogP contribution in [-0.4, -0.2) is 39.6 Å². The Morgan fingerprint density at radius 1 is 1.29 bits per heavy atom. The third-order valence-electron chi connectivity index (χ3n) is 3.07. The van der Waals surface area contributed by atoms with Crippen molar-refractivity contribution in [3.05, 3.63) is 28.8 Å². The molecule has 21 heavy (non-hydrogen) atoms. The smallest absolute Gasteiger partial charge is 0.149 e. The number of benzene rings is 1. The lowest BCUT2D eigenvalue weighted by Gasteiger charge is -2.25. The Morgan fingerprint density at radius 3 is 2.43 bits per heavy atom. The fourth-order valence-electron chi connectivity index (χ4n) is 1.83. The minimum absolute atomic E-state index is 0.0161. The fraction of sp³-hybridized carbons (Fsp3) is 0.600. The van der Waals surface area contributed by atoms with Gasteiger partial charge in [0.15, 0.2) is 0 Å². The lowest BCUT2D eigenvalue weighted by atomic mass is 10.1. The molecule has 0 radical (unpaired) electrons. The number of hydrogen-bond donors (Lipinski definition) is 1. The summed E-state index contributed by atoms with van der Waals surface area (Å²) in [5.41, 5.74) is 2.08. The van der Waals surface area contributed by atoms with Crippen molar-refractivity contribution < 1.29 is 8.42 Å². The van der Waals surface area contributed by atoms with Crippen molar-refractivity contribution in [3.8, 4) is 0 Å². The average Bonchev–Trinajstić information content (AvgIpc) is 2.32. The van der Waals surface area contributed by atoms with Crippen LogP contribution in [0.3, 0.4) is 0 Å². The first-order valence-corrected chi connectivity index (χ1v) is 9.34. The van der Waals surface area contributed by atoms with Gasteiger partial charge in [-0.05, 0) is 38.5 Å². The number of halogens is 1. The van der Waals surface area contributed by atoms with Gasteiger partial charge in [0.25, 0.3) is 0 Å². The van der Waals surface area contributed by atoms with Gasteiger partial charge in [0, 0.05) is 42.6 Å². The molecule has 1 rings (SSSR count). The minimum atomic E-state index is -2.98. The molecule has 0 aliphatic heterocycles. The summed E-state index contributed by atoms with van der Waals surface area (Å²) in [6, 6.07) is 5.71. The van der Waals surface area contributed by atoms with Gasteiger partial charge < -0.3 is 10.2 Å². The van der Waals surface area contributed by atoms with Crippen molar-refractivity contribution in [1.29, 1.82) is 0 Å². The van der Waals surface area contributed by atoms with Crippen molar-refractivity contribution in [3.63, 3.8) is 0 Å². The molecule has 0 aliphatic carbocycles. The first kappa shape index (κ1) is 18.3. The van der Waals surface area contributed by atoms with Crippen LogP contribution in [-0.2, 0) is 16.4 Å². The SMILES string of the molecule is CN(CCS(C)(=O)=O)c1cc(Cl)ccc1CNC(C)(C)C. The molecule has 0 atom stereocenters. The normalized spacial score (nSPS) is 12.5. The van der Waals surface area contributed by atoms with Gasteiger partial charge in [-0.25, -0.2) is 8.42 Å². The zero-order valence-corrected chi connectivity index (χ0v) is 15.0. The lowest BCUT2D eigenvalue weighted by molar-refractivity contribution is 0.424. The van der Waals surface area contributed by atoms with Crippen LogP contribution in [0.2, 0.25) is 5.02 Å². The summed E-state index contributed by atoms with van der Waals surface area (Å²) < 4.78 is 22.6. The van der Waals surface area contributed by atoms with Crippen molar-refractivity contribution >= 4 is 27.1 Å². The summed E-state index contributed by atoms with van der Waals surface area (Å²) in [5.74, 6) is 0.127. The summed E-state index contributed by atoms with van der Waals surface area (Å²) >= 11 is 6.08. The Kier molecular flexibility index (Phi) is 6.08. The second-order valence-corrected chi connectivity index (χ2v) is 9.12. The van der Waals surface area contributed by atoms with E-state index in [1.165, 1.54) is 6.26 Å². The zero-order chi connectivity index (χ0) is 16.3. The highest BCUT2D eigenvalue weighted by Crippen LogP contribution is 2.24. The van der Waals surface area contributed by atoms with E-state index in [9.17, 15) is 8.42 Å². The number of anilines is 1. The van der Waals surface area contributed by atoms with Gasteiger partial charge in [0.2, 0.25) is 0 Å². The van der Waals surface area contributed by atoms with Crippen LogP contribution in [0.1, 0.15) is 26.3 Å². The van der Waals surface area contributed by atoms with Crippen LogP contribution < -0.4 is 10.2 Å². The third kappa shape index (κ3) is 7.16. The molecule has 1 aromatic rings. The van der Waals surface area contributed by atoms with E-state index in [4.69, 9.17) is 11.6 Å². The number of hydrogen-bond acceptors (Lipinski definition) is 4. The molecule has 4 nitrogen and oxygen atoms in total. The first-order valence-electron chi connectivity index (χ1n) is 6.90. The summed E-state index contributed by atoms with van der Waals surface area (Å²) in [6.45, 7) is 7.48. The van der Waals surface area contributed by atoms with Crippen LogP contribution in [0.5, 0.6) is 0 Å². The van der Waals surface area contributed by atoms with Gasteiger partial charge >= 0.3 is 0 Å². The van der Waals surface area contributed by atoms with E-state index in [0.717, 1.165) is 11.3 Å². The molecular weight excluding hydrogens is 308 g/mol. The molecule has 0 unspecified atom stereocenters. The molecule has 0 aliphatic rings. The summed E-state index contributed by atoms with van der Waals surface area (Å²) in [5, 5.41) is 4.09. The highest BCUT2D eigenvalue weighted by atomic mass is 35.5.